The maximum absolute atomic E-state index is 15.4. The fourth-order valence-corrected chi connectivity index (χ4v) is 7.03. The van der Waals surface area contributed by atoms with Gasteiger partial charge in [0.1, 0.15) is 64.0 Å². The van der Waals surface area contributed by atoms with Crippen molar-refractivity contribution in [1.82, 2.24) is 0 Å². The predicted octanol–water partition coefficient (Wildman–Crippen LogP) is 6.37. The predicted molar refractivity (Wildman–Crippen MR) is 170 cm³/mol. The first kappa shape index (κ1) is 48.9. The van der Waals surface area contributed by atoms with Gasteiger partial charge in [-0.05, 0) is 23.4 Å². The van der Waals surface area contributed by atoms with E-state index in [1.54, 1.807) is 6.92 Å². The highest BCUT2D eigenvalue weighted by atomic mass is 32.2. The van der Waals surface area contributed by atoms with Gasteiger partial charge in [0.25, 0.3) is 0 Å². The van der Waals surface area contributed by atoms with Crippen LogP contribution in [0.25, 0.3) is 0 Å². The second-order valence-electron chi connectivity index (χ2n) is 12.1. The van der Waals surface area contributed by atoms with Crippen molar-refractivity contribution in [3.8, 4) is 0 Å². The van der Waals surface area contributed by atoms with Gasteiger partial charge in [-0.3, -0.25) is 0 Å². The van der Waals surface area contributed by atoms with Crippen molar-refractivity contribution in [2.24, 2.45) is 0 Å². The standard InChI is InChI=1S/C24BF20.C10H17O4S/c26-5-1(6(27)14(35)21(42)13(5)34)25(2-7(28)15(36)22(43)16(37)8(2)29,3-9(30)17(38)23(44)18(39)10(3)31)4-11(32)19(40)24(45)20(41)12(4)33;1-7(6-15(4)5)8(9(11)13-2)10(12)14-3/h;6H2,1-5H3/q-1;+1. The molecule has 326 valence electrons. The molecule has 0 atom stereocenters. The normalized spacial score (nSPS) is 11.4. The molecule has 60 heavy (non-hydrogen) atoms. The highest BCUT2D eigenvalue weighted by molar-refractivity contribution is 7.95. The van der Waals surface area contributed by atoms with E-state index in [1.165, 1.54) is 14.2 Å². The second kappa shape index (κ2) is 18.1. The molecule has 4 aromatic rings. The molecule has 0 spiro atoms. The van der Waals surface area contributed by atoms with Crippen molar-refractivity contribution >= 4 is 50.8 Å². The lowest BCUT2D eigenvalue weighted by Gasteiger charge is -2.44. The average molecular weight is 912 g/mol. The van der Waals surface area contributed by atoms with Gasteiger partial charge in [-0.1, -0.05) is 0 Å². The monoisotopic (exact) mass is 912 g/mol. The van der Waals surface area contributed by atoms with E-state index >= 15 is 35.1 Å². The minimum absolute atomic E-state index is 0.0150. The summed E-state index contributed by atoms with van der Waals surface area (Å²) in [6.07, 6.45) is -3.14. The summed E-state index contributed by atoms with van der Waals surface area (Å²) in [5.41, 5.74) is -13.6. The van der Waals surface area contributed by atoms with E-state index in [-0.39, 0.29) is 16.5 Å². The van der Waals surface area contributed by atoms with E-state index in [0.717, 1.165) is 0 Å². The van der Waals surface area contributed by atoms with E-state index in [9.17, 15) is 62.3 Å². The minimum atomic E-state index is -7.22. The summed E-state index contributed by atoms with van der Waals surface area (Å²) in [7, 11) is 2.62. The lowest BCUT2D eigenvalue weighted by molar-refractivity contribution is -0.144. The quantitative estimate of drug-likeness (QED) is 0.0238. The van der Waals surface area contributed by atoms with Crippen LogP contribution in [0, 0.1) is 116 Å². The number of methoxy groups -OCH3 is 2. The highest BCUT2D eigenvalue weighted by Gasteiger charge is 2.52. The fraction of sp³-hybridized carbons (Fsp3) is 0.176. The lowest BCUT2D eigenvalue weighted by Crippen LogP contribution is -2.81. The van der Waals surface area contributed by atoms with Crippen LogP contribution in [0.3, 0.4) is 0 Å². The molecule has 26 heteroatoms. The second-order valence-corrected chi connectivity index (χ2v) is 14.3. The first-order valence-corrected chi connectivity index (χ1v) is 17.5. The Morgan fingerprint density at radius 1 is 0.383 bits per heavy atom. The van der Waals surface area contributed by atoms with Gasteiger partial charge in [0.05, 0.1) is 26.7 Å². The minimum Gasteiger partial charge on any atom is -0.465 e. The summed E-state index contributed by atoms with van der Waals surface area (Å²) in [5.74, 6) is -72.0. The summed E-state index contributed by atoms with van der Waals surface area (Å²) >= 11 is 0. The molecule has 0 heterocycles. The Morgan fingerprint density at radius 2 is 0.550 bits per heavy atom. The third-order valence-corrected chi connectivity index (χ3v) is 9.43. The zero-order valence-corrected chi connectivity index (χ0v) is 30.7. The third-order valence-electron chi connectivity index (χ3n) is 8.42. The van der Waals surface area contributed by atoms with E-state index in [1.807, 2.05) is 12.5 Å². The topological polar surface area (TPSA) is 52.6 Å². The molecule has 0 saturated carbocycles. The zero-order valence-electron chi connectivity index (χ0n) is 29.9. The summed E-state index contributed by atoms with van der Waals surface area (Å²) in [4.78, 5) is 22.7. The Morgan fingerprint density at radius 3 is 0.700 bits per heavy atom. The van der Waals surface area contributed by atoms with Crippen molar-refractivity contribution in [2.45, 2.75) is 6.92 Å². The molecule has 4 nitrogen and oxygen atoms in total. The number of ether oxygens (including phenoxy) is 2. The molecule has 0 aliphatic heterocycles. The van der Waals surface area contributed by atoms with Gasteiger partial charge in [0, 0.05) is 0 Å². The van der Waals surface area contributed by atoms with Crippen LogP contribution in [0.5, 0.6) is 0 Å². The van der Waals surface area contributed by atoms with Crippen LogP contribution >= 0.6 is 0 Å². The van der Waals surface area contributed by atoms with Crippen molar-refractivity contribution in [2.75, 3.05) is 32.5 Å². The molecule has 0 saturated heterocycles. The maximum Gasteiger partial charge on any atom is 0.345 e. The Balaban J connectivity index is 0.000000544. The third kappa shape index (κ3) is 7.72. The van der Waals surface area contributed by atoms with Gasteiger partial charge in [-0.25, -0.2) is 97.4 Å². The molecule has 0 N–H and O–H groups in total. The van der Waals surface area contributed by atoms with Gasteiger partial charge >= 0.3 is 11.9 Å². The first-order valence-electron chi connectivity index (χ1n) is 15.3. The Bertz CT molecular complexity index is 2080. The summed E-state index contributed by atoms with van der Waals surface area (Å²) in [6.45, 7) is 1.75. The molecule has 0 aliphatic rings. The largest absolute Gasteiger partial charge is 0.465 e. The molecule has 0 unspecified atom stereocenters. The van der Waals surface area contributed by atoms with Gasteiger partial charge in [0.2, 0.25) is 0 Å². The molecule has 4 rings (SSSR count). The molecule has 0 radical (unpaired) electrons. The summed E-state index contributed by atoms with van der Waals surface area (Å²) < 4.78 is 303. The van der Waals surface area contributed by atoms with Crippen LogP contribution in [0.1, 0.15) is 6.92 Å². The SMILES string of the molecule is COC(=O)C(C(=O)OC)=C(C)C[S+](C)C.Fc1c(F)c(F)c([B-](c2c(F)c(F)c(F)c(F)c2F)(c2c(F)c(F)c(F)c(F)c2F)c2c(F)c(F)c(F)c(F)c2F)c(F)c1F. The highest BCUT2D eigenvalue weighted by Crippen LogP contribution is 2.30. The van der Waals surface area contributed by atoms with E-state index < -0.39 is 156 Å². The first-order chi connectivity index (χ1) is 27.6. The molecule has 0 amide bonds. The maximum atomic E-state index is 15.4. The van der Waals surface area contributed by atoms with Crippen LogP contribution in [0.2, 0.25) is 0 Å². The number of hydrogen-bond donors (Lipinski definition) is 0. The van der Waals surface area contributed by atoms with Crippen molar-refractivity contribution in [3.63, 3.8) is 0 Å². The summed E-state index contributed by atoms with van der Waals surface area (Å²) in [6, 6.07) is 0. The van der Waals surface area contributed by atoms with Crippen molar-refractivity contribution in [3.05, 3.63) is 127 Å². The van der Waals surface area contributed by atoms with E-state index in [0.29, 0.717) is 11.3 Å². The van der Waals surface area contributed by atoms with E-state index in [2.05, 4.69) is 9.47 Å². The molecule has 0 bridgehead atoms. The molecule has 0 aliphatic carbocycles. The Hall–Kier alpha value is -5.43. The van der Waals surface area contributed by atoms with Crippen LogP contribution in [-0.4, -0.2) is 50.6 Å². The fourth-order valence-electron chi connectivity index (χ4n) is 6.02. The van der Waals surface area contributed by atoms with Crippen LogP contribution in [0.15, 0.2) is 11.1 Å². The number of esters is 2. The summed E-state index contributed by atoms with van der Waals surface area (Å²) in [5, 5.41) is 0. The Kier molecular flexibility index (Phi) is 14.7. The van der Waals surface area contributed by atoms with Crippen molar-refractivity contribution < 1.29 is 107 Å². The van der Waals surface area contributed by atoms with Crippen LogP contribution in [0.4, 0.5) is 87.8 Å². The van der Waals surface area contributed by atoms with Gasteiger partial charge in [-0.2, -0.15) is 0 Å². The van der Waals surface area contributed by atoms with Gasteiger partial charge < -0.3 is 9.47 Å². The van der Waals surface area contributed by atoms with Crippen LogP contribution in [-0.2, 0) is 30.0 Å². The Labute approximate surface area is 324 Å². The number of carbonyl (C=O) groups is 2. The zero-order chi connectivity index (χ0) is 46.4. The molecular formula is C34H17BF20O4S. The number of halogens is 20. The van der Waals surface area contributed by atoms with Gasteiger partial charge in [-0.15, -0.1) is 21.9 Å². The number of hydrogen-bond acceptors (Lipinski definition) is 4. The van der Waals surface area contributed by atoms with Gasteiger partial charge in [0.15, 0.2) is 69.8 Å². The average Bonchev–Trinajstić information content (AvgIpc) is 3.20. The van der Waals surface area contributed by atoms with Crippen LogP contribution < -0.4 is 21.9 Å². The molecular weight excluding hydrogens is 895 g/mol. The number of rotatable bonds is 8. The molecule has 0 fully saturated rings. The lowest BCUT2D eigenvalue weighted by atomic mass is 9.12. The van der Waals surface area contributed by atoms with Crippen molar-refractivity contribution in [1.29, 1.82) is 0 Å². The number of carbonyl (C=O) groups excluding carboxylic acids is 2. The smallest absolute Gasteiger partial charge is 0.345 e. The number of benzene rings is 4. The molecule has 0 aromatic heterocycles. The molecule has 4 aromatic carbocycles. The van der Waals surface area contributed by atoms with E-state index in [4.69, 9.17) is 0 Å².